The normalized spacial score (nSPS) is 16.8. The molecule has 0 fully saturated rings. The van der Waals surface area contributed by atoms with Crippen LogP contribution in [-0.4, -0.2) is 18.7 Å². The molecule has 3 nitrogen and oxygen atoms in total. The van der Waals surface area contributed by atoms with Crippen molar-refractivity contribution in [3.8, 4) is 0 Å². The Morgan fingerprint density at radius 3 is 2.65 bits per heavy atom. The Morgan fingerprint density at radius 1 is 1.13 bits per heavy atom. The first-order valence-electron chi connectivity index (χ1n) is 8.09. The molecule has 0 amide bonds. The molecule has 120 valence electrons. The molecule has 1 atom stereocenters. The van der Waals surface area contributed by atoms with Gasteiger partial charge in [0, 0.05) is 5.02 Å². The van der Waals surface area contributed by atoms with Gasteiger partial charge in [-0.15, -0.1) is 0 Å². The molecule has 0 spiro atoms. The topological polar surface area (TPSA) is 24.8 Å². The second kappa shape index (κ2) is 7.51. The van der Waals surface area contributed by atoms with Crippen LogP contribution in [0, 0.1) is 0 Å². The predicted molar refractivity (Wildman–Crippen MR) is 96.7 cm³/mol. The Bertz CT molecular complexity index is 672. The highest BCUT2D eigenvalue weighted by atomic mass is 35.5. The first kappa shape index (κ1) is 15.9. The third-order valence-corrected chi connectivity index (χ3v) is 4.10. The molecule has 0 aliphatic carbocycles. The molecule has 0 saturated carbocycles. The van der Waals surface area contributed by atoms with Crippen molar-refractivity contribution in [3.05, 3.63) is 59.6 Å². The maximum Gasteiger partial charge on any atom is 0.297 e. The maximum atomic E-state index is 6.17. The summed E-state index contributed by atoms with van der Waals surface area (Å²) < 4.78 is 5.91. The summed E-state index contributed by atoms with van der Waals surface area (Å²) in [6, 6.07) is 18.8. The fraction of sp³-hybridized carbons (Fsp3) is 0.316. The maximum absolute atomic E-state index is 6.17. The number of hydrogen-bond acceptors (Lipinski definition) is 3. The molecule has 0 saturated heterocycles. The Labute approximate surface area is 142 Å². The molecule has 4 heteroatoms. The van der Waals surface area contributed by atoms with Crippen molar-refractivity contribution < 1.29 is 4.74 Å². The van der Waals surface area contributed by atoms with Crippen molar-refractivity contribution in [1.82, 2.24) is 0 Å². The van der Waals surface area contributed by atoms with E-state index in [1.165, 1.54) is 12.8 Å². The molecule has 3 rings (SSSR count). The van der Waals surface area contributed by atoms with Gasteiger partial charge in [0.1, 0.15) is 6.61 Å². The highest BCUT2D eigenvalue weighted by Crippen LogP contribution is 2.30. The molecule has 23 heavy (non-hydrogen) atoms. The highest BCUT2D eigenvalue weighted by molar-refractivity contribution is 6.31. The van der Waals surface area contributed by atoms with Gasteiger partial charge in [0.2, 0.25) is 0 Å². The quantitative estimate of drug-likeness (QED) is 0.731. The number of benzene rings is 2. The van der Waals surface area contributed by atoms with E-state index in [0.29, 0.717) is 17.7 Å². The van der Waals surface area contributed by atoms with Gasteiger partial charge in [-0.25, -0.2) is 4.99 Å². The number of amidine groups is 1. The van der Waals surface area contributed by atoms with Gasteiger partial charge < -0.3 is 4.74 Å². The minimum absolute atomic E-state index is 0.246. The lowest BCUT2D eigenvalue weighted by atomic mass is 10.1. The molecule has 0 radical (unpaired) electrons. The lowest BCUT2D eigenvalue weighted by molar-refractivity contribution is 0.305. The SMILES string of the molecule is CCCCC1COC(N(c2ccccc2)c2cccc(Cl)c2)=N1. The van der Waals surface area contributed by atoms with Gasteiger partial charge >= 0.3 is 0 Å². The molecule has 1 aliphatic rings. The number of hydrogen-bond donors (Lipinski definition) is 0. The van der Waals surface area contributed by atoms with Crippen molar-refractivity contribution in [2.45, 2.75) is 32.2 Å². The molecule has 0 aromatic heterocycles. The molecule has 0 bridgehead atoms. The van der Waals surface area contributed by atoms with Crippen molar-refractivity contribution in [3.63, 3.8) is 0 Å². The summed E-state index contributed by atoms with van der Waals surface area (Å²) in [5.74, 6) is 0. The molecule has 0 N–H and O–H groups in total. The first-order valence-corrected chi connectivity index (χ1v) is 8.47. The first-order chi connectivity index (χ1) is 11.3. The Balaban J connectivity index is 1.93. The van der Waals surface area contributed by atoms with E-state index >= 15 is 0 Å². The second-order valence-electron chi connectivity index (χ2n) is 5.67. The second-order valence-corrected chi connectivity index (χ2v) is 6.11. The number of unbranched alkanes of at least 4 members (excludes halogenated alkanes) is 1. The third-order valence-electron chi connectivity index (χ3n) is 3.86. The zero-order chi connectivity index (χ0) is 16.1. The van der Waals surface area contributed by atoms with E-state index in [4.69, 9.17) is 21.3 Å². The fourth-order valence-corrected chi connectivity index (χ4v) is 2.86. The summed E-state index contributed by atoms with van der Waals surface area (Å²) in [4.78, 5) is 6.81. The molecule has 2 aromatic carbocycles. The van der Waals surface area contributed by atoms with Crippen LogP contribution in [0.4, 0.5) is 11.4 Å². The average Bonchev–Trinajstić information content (AvgIpc) is 3.03. The van der Waals surface area contributed by atoms with Crippen LogP contribution in [0.5, 0.6) is 0 Å². The van der Waals surface area contributed by atoms with Gasteiger partial charge in [-0.2, -0.15) is 0 Å². The van der Waals surface area contributed by atoms with Crippen LogP contribution in [0.25, 0.3) is 0 Å². The summed E-state index contributed by atoms with van der Waals surface area (Å²) >= 11 is 6.17. The minimum atomic E-state index is 0.246. The van der Waals surface area contributed by atoms with Crippen LogP contribution in [-0.2, 0) is 4.74 Å². The molecule has 1 heterocycles. The Hall–Kier alpha value is -2.00. The smallest absolute Gasteiger partial charge is 0.297 e. The molecule has 1 unspecified atom stereocenters. The van der Waals surface area contributed by atoms with Crippen LogP contribution in [0.2, 0.25) is 5.02 Å². The summed E-state index contributed by atoms with van der Waals surface area (Å²) in [5, 5.41) is 0.699. The summed E-state index contributed by atoms with van der Waals surface area (Å²) in [7, 11) is 0. The zero-order valence-electron chi connectivity index (χ0n) is 13.3. The predicted octanol–water partition coefficient (Wildman–Crippen LogP) is 5.42. The number of ether oxygens (including phenoxy) is 1. The van der Waals surface area contributed by atoms with Crippen LogP contribution < -0.4 is 4.90 Å². The summed E-state index contributed by atoms with van der Waals surface area (Å²) in [6.07, 6.45) is 3.42. The van der Waals surface area contributed by atoms with E-state index in [1.807, 2.05) is 59.5 Å². The number of aliphatic imine (C=N–C) groups is 1. The van der Waals surface area contributed by atoms with Crippen molar-refractivity contribution in [1.29, 1.82) is 0 Å². The molecule has 2 aromatic rings. The number of nitrogens with zero attached hydrogens (tertiary/aromatic N) is 2. The standard InChI is InChI=1S/C19H21ClN2O/c1-2-3-9-16-14-23-19(21-16)22(17-10-5-4-6-11-17)18-12-7-8-15(20)13-18/h4-8,10-13,16H,2-3,9,14H2,1H3. The van der Waals surface area contributed by atoms with Crippen LogP contribution in [0.15, 0.2) is 59.6 Å². The van der Waals surface area contributed by atoms with Crippen LogP contribution in [0.1, 0.15) is 26.2 Å². The van der Waals surface area contributed by atoms with E-state index in [2.05, 4.69) is 6.92 Å². The van der Waals surface area contributed by atoms with Gasteiger partial charge in [-0.1, -0.05) is 55.6 Å². The zero-order valence-corrected chi connectivity index (χ0v) is 14.0. The number of anilines is 2. The van der Waals surface area contributed by atoms with Crippen molar-refractivity contribution in [2.24, 2.45) is 4.99 Å². The Morgan fingerprint density at radius 2 is 1.91 bits per heavy atom. The molecular weight excluding hydrogens is 308 g/mol. The molecule has 1 aliphatic heterocycles. The van der Waals surface area contributed by atoms with Gasteiger partial charge in [0.25, 0.3) is 6.02 Å². The van der Waals surface area contributed by atoms with E-state index in [9.17, 15) is 0 Å². The van der Waals surface area contributed by atoms with Crippen LogP contribution >= 0.6 is 11.6 Å². The third kappa shape index (κ3) is 3.85. The number of halogens is 1. The number of rotatable bonds is 5. The van der Waals surface area contributed by atoms with E-state index < -0.39 is 0 Å². The summed E-state index contributed by atoms with van der Waals surface area (Å²) in [5.41, 5.74) is 1.98. The summed E-state index contributed by atoms with van der Waals surface area (Å²) in [6.45, 7) is 2.85. The minimum Gasteiger partial charge on any atom is -0.462 e. The van der Waals surface area contributed by atoms with Crippen LogP contribution in [0.3, 0.4) is 0 Å². The molecular formula is C19H21ClN2O. The lowest BCUT2D eigenvalue weighted by Gasteiger charge is -2.23. The van der Waals surface area contributed by atoms with E-state index in [-0.39, 0.29) is 6.04 Å². The van der Waals surface area contributed by atoms with E-state index in [1.54, 1.807) is 0 Å². The van der Waals surface area contributed by atoms with Crippen molar-refractivity contribution in [2.75, 3.05) is 11.5 Å². The van der Waals surface area contributed by atoms with Crippen molar-refractivity contribution >= 4 is 29.0 Å². The average molecular weight is 329 g/mol. The number of para-hydroxylation sites is 1. The van der Waals surface area contributed by atoms with Gasteiger partial charge in [0.15, 0.2) is 0 Å². The van der Waals surface area contributed by atoms with E-state index in [0.717, 1.165) is 17.8 Å². The van der Waals surface area contributed by atoms with Gasteiger partial charge in [-0.05, 0) is 36.8 Å². The monoisotopic (exact) mass is 328 g/mol. The Kier molecular flexibility index (Phi) is 5.19. The highest BCUT2D eigenvalue weighted by Gasteiger charge is 2.25. The fourth-order valence-electron chi connectivity index (χ4n) is 2.67. The van der Waals surface area contributed by atoms with Gasteiger partial charge in [-0.3, -0.25) is 4.90 Å². The lowest BCUT2D eigenvalue weighted by Crippen LogP contribution is -2.26. The largest absolute Gasteiger partial charge is 0.462 e. The van der Waals surface area contributed by atoms with Gasteiger partial charge in [0.05, 0.1) is 17.4 Å².